The quantitative estimate of drug-likeness (QED) is 0.406. The predicted molar refractivity (Wildman–Crippen MR) is 143 cm³/mol. The molecule has 1 aromatic carbocycles. The molecule has 4 heterocycles. The monoisotopic (exact) mass is 471 g/mol. The summed E-state index contributed by atoms with van der Waals surface area (Å²) in [6.45, 7) is 13.4. The van der Waals surface area contributed by atoms with E-state index in [9.17, 15) is 4.79 Å². The highest BCUT2D eigenvalue weighted by Gasteiger charge is 2.24. The largest absolute Gasteiger partial charge is 0.358 e. The number of pyridine rings is 1. The summed E-state index contributed by atoms with van der Waals surface area (Å²) in [7, 11) is 1.71. The summed E-state index contributed by atoms with van der Waals surface area (Å²) in [6.07, 6.45) is 4.41. The van der Waals surface area contributed by atoms with Crippen LogP contribution in [0.2, 0.25) is 0 Å². The summed E-state index contributed by atoms with van der Waals surface area (Å²) in [5, 5.41) is 4.07. The van der Waals surface area contributed by atoms with Crippen molar-refractivity contribution in [1.82, 2.24) is 24.6 Å². The number of H-pyrrole nitrogens is 1. The molecule has 1 aliphatic rings. The van der Waals surface area contributed by atoms with Gasteiger partial charge >= 0.3 is 0 Å². The SMILES string of the molecule is CNC(=O)CN1CCC(c2ccc3[nH]c(-c4cc(C)c5nc(C)c(C)n5c4)c(C(C)C)c3c2)CC1. The van der Waals surface area contributed by atoms with Gasteiger partial charge in [0.15, 0.2) is 0 Å². The number of rotatable bonds is 5. The van der Waals surface area contributed by atoms with Gasteiger partial charge in [0.1, 0.15) is 5.65 Å². The fourth-order valence-electron chi connectivity index (χ4n) is 5.69. The van der Waals surface area contributed by atoms with E-state index in [1.165, 1.54) is 44.5 Å². The third-order valence-corrected chi connectivity index (χ3v) is 7.81. The first-order valence-corrected chi connectivity index (χ1v) is 12.8. The van der Waals surface area contributed by atoms with Gasteiger partial charge in [0.2, 0.25) is 5.91 Å². The van der Waals surface area contributed by atoms with Gasteiger partial charge in [-0.1, -0.05) is 19.9 Å². The predicted octanol–water partition coefficient (Wildman–Crippen LogP) is 5.46. The molecule has 0 spiro atoms. The number of imidazole rings is 1. The van der Waals surface area contributed by atoms with Crippen LogP contribution in [0.1, 0.15) is 66.6 Å². The first kappa shape index (κ1) is 23.6. The Balaban J connectivity index is 1.51. The Morgan fingerprint density at radius 3 is 2.60 bits per heavy atom. The summed E-state index contributed by atoms with van der Waals surface area (Å²) in [5.41, 5.74) is 10.9. The Labute approximate surface area is 207 Å². The van der Waals surface area contributed by atoms with Crippen molar-refractivity contribution in [1.29, 1.82) is 0 Å². The number of nitrogens with zero attached hydrogens (tertiary/aromatic N) is 3. The molecule has 0 radical (unpaired) electrons. The summed E-state index contributed by atoms with van der Waals surface area (Å²) in [6, 6.07) is 9.24. The second-order valence-corrected chi connectivity index (χ2v) is 10.5. The lowest BCUT2D eigenvalue weighted by molar-refractivity contribution is -0.122. The maximum absolute atomic E-state index is 11.8. The maximum atomic E-state index is 11.8. The molecule has 0 saturated carbocycles. The van der Waals surface area contributed by atoms with E-state index in [1.807, 2.05) is 0 Å². The lowest BCUT2D eigenvalue weighted by Gasteiger charge is -2.31. The van der Waals surface area contributed by atoms with Gasteiger partial charge in [0.25, 0.3) is 0 Å². The number of aromatic nitrogens is 3. The normalized spacial score (nSPS) is 15.5. The highest BCUT2D eigenvalue weighted by atomic mass is 16.1. The minimum Gasteiger partial charge on any atom is -0.358 e. The van der Waals surface area contributed by atoms with Gasteiger partial charge in [0.05, 0.1) is 17.9 Å². The van der Waals surface area contributed by atoms with Crippen molar-refractivity contribution < 1.29 is 4.79 Å². The van der Waals surface area contributed by atoms with Crippen LogP contribution in [0.25, 0.3) is 27.8 Å². The number of aromatic amines is 1. The van der Waals surface area contributed by atoms with Crippen LogP contribution in [0.3, 0.4) is 0 Å². The fourth-order valence-corrected chi connectivity index (χ4v) is 5.69. The Hall–Kier alpha value is -3.12. The molecule has 1 amide bonds. The number of nitrogens with one attached hydrogen (secondary N) is 2. The first-order chi connectivity index (χ1) is 16.8. The van der Waals surface area contributed by atoms with Crippen LogP contribution in [-0.4, -0.2) is 51.9 Å². The molecule has 2 N–H and O–H groups in total. The highest BCUT2D eigenvalue weighted by Crippen LogP contribution is 2.39. The van der Waals surface area contributed by atoms with E-state index in [1.54, 1.807) is 7.05 Å². The molecular weight excluding hydrogens is 434 g/mol. The van der Waals surface area contributed by atoms with E-state index in [2.05, 4.69) is 84.7 Å². The number of piperidine rings is 1. The van der Waals surface area contributed by atoms with E-state index in [4.69, 9.17) is 4.98 Å². The first-order valence-electron chi connectivity index (χ1n) is 12.8. The average molecular weight is 472 g/mol. The smallest absolute Gasteiger partial charge is 0.233 e. The van der Waals surface area contributed by atoms with Crippen molar-refractivity contribution in [3.63, 3.8) is 0 Å². The molecule has 1 aliphatic heterocycles. The number of likely N-dealkylation sites (tertiary alicyclic amines) is 1. The Morgan fingerprint density at radius 1 is 1.17 bits per heavy atom. The van der Waals surface area contributed by atoms with Gasteiger partial charge in [-0.25, -0.2) is 4.98 Å². The lowest BCUT2D eigenvalue weighted by Crippen LogP contribution is -2.40. The Bertz CT molecular complexity index is 1400. The van der Waals surface area contributed by atoms with Crippen molar-refractivity contribution in [2.45, 2.75) is 59.3 Å². The number of amides is 1. The molecule has 3 aromatic heterocycles. The standard InChI is InChI=1S/C29H37N5O/c1-17(2)27-24-14-22(21-9-11-33(12-10-21)16-26(35)30-6)7-8-25(24)32-28(27)23-13-18(3)29-31-19(4)20(5)34(29)15-23/h7-8,13-15,17,21,32H,9-12,16H2,1-6H3,(H,30,35). The van der Waals surface area contributed by atoms with Crippen molar-refractivity contribution in [3.8, 4) is 11.3 Å². The van der Waals surface area contributed by atoms with Gasteiger partial charge in [-0.3, -0.25) is 9.69 Å². The topological polar surface area (TPSA) is 65.4 Å². The molecule has 0 bridgehead atoms. The number of carbonyl (C=O) groups excluding carboxylic acids is 1. The van der Waals surface area contributed by atoms with Crippen molar-refractivity contribution >= 4 is 22.5 Å². The van der Waals surface area contributed by atoms with Crippen molar-refractivity contribution in [2.75, 3.05) is 26.7 Å². The van der Waals surface area contributed by atoms with E-state index < -0.39 is 0 Å². The van der Waals surface area contributed by atoms with Crippen LogP contribution < -0.4 is 5.32 Å². The van der Waals surface area contributed by atoms with Crippen molar-refractivity contribution in [2.24, 2.45) is 0 Å². The summed E-state index contributed by atoms with van der Waals surface area (Å²) >= 11 is 0. The highest BCUT2D eigenvalue weighted by molar-refractivity contribution is 5.92. The van der Waals surface area contributed by atoms with Gasteiger partial charge in [-0.05, 0) is 93.4 Å². The molecule has 6 heteroatoms. The van der Waals surface area contributed by atoms with E-state index in [0.717, 1.165) is 37.3 Å². The van der Waals surface area contributed by atoms with E-state index in [-0.39, 0.29) is 5.91 Å². The van der Waals surface area contributed by atoms with Gasteiger partial charge in [-0.15, -0.1) is 0 Å². The number of aryl methyl sites for hydroxylation is 3. The van der Waals surface area contributed by atoms with Crippen LogP contribution in [0, 0.1) is 20.8 Å². The summed E-state index contributed by atoms with van der Waals surface area (Å²) < 4.78 is 2.23. The molecule has 0 aliphatic carbocycles. The third kappa shape index (κ3) is 4.25. The number of carbonyl (C=O) groups is 1. The molecule has 0 unspecified atom stereocenters. The van der Waals surface area contributed by atoms with Crippen LogP contribution in [-0.2, 0) is 4.79 Å². The van der Waals surface area contributed by atoms with Crippen LogP contribution in [0.15, 0.2) is 30.5 Å². The van der Waals surface area contributed by atoms with E-state index in [0.29, 0.717) is 18.4 Å². The minimum absolute atomic E-state index is 0.0979. The Morgan fingerprint density at radius 2 is 1.91 bits per heavy atom. The van der Waals surface area contributed by atoms with E-state index >= 15 is 0 Å². The zero-order valence-electron chi connectivity index (χ0n) is 21.8. The molecule has 1 fully saturated rings. The molecule has 5 rings (SSSR count). The van der Waals surface area contributed by atoms with Crippen LogP contribution in [0.5, 0.6) is 0 Å². The van der Waals surface area contributed by atoms with Crippen LogP contribution >= 0.6 is 0 Å². The molecule has 35 heavy (non-hydrogen) atoms. The number of likely N-dealkylation sites (N-methyl/N-ethyl adjacent to an activating group) is 1. The zero-order chi connectivity index (χ0) is 24.9. The second-order valence-electron chi connectivity index (χ2n) is 10.5. The molecule has 4 aromatic rings. The molecular formula is C29H37N5O. The fraction of sp³-hybridized carbons (Fsp3) is 0.448. The average Bonchev–Trinajstić information content (AvgIpc) is 3.37. The van der Waals surface area contributed by atoms with Crippen LogP contribution in [0.4, 0.5) is 0 Å². The maximum Gasteiger partial charge on any atom is 0.233 e. The number of benzene rings is 1. The molecule has 184 valence electrons. The number of fused-ring (bicyclic) bond motifs is 2. The zero-order valence-corrected chi connectivity index (χ0v) is 21.8. The number of hydrogen-bond acceptors (Lipinski definition) is 3. The minimum atomic E-state index is 0.0979. The second kappa shape index (κ2) is 9.15. The number of hydrogen-bond donors (Lipinski definition) is 2. The lowest BCUT2D eigenvalue weighted by atomic mass is 9.87. The van der Waals surface area contributed by atoms with Crippen molar-refractivity contribution in [3.05, 3.63) is 58.5 Å². The molecule has 6 nitrogen and oxygen atoms in total. The molecule has 1 saturated heterocycles. The van der Waals surface area contributed by atoms with Gasteiger partial charge in [0, 0.05) is 35.4 Å². The Kier molecular flexibility index (Phi) is 6.18. The summed E-state index contributed by atoms with van der Waals surface area (Å²) in [4.78, 5) is 22.5. The van der Waals surface area contributed by atoms with Gasteiger partial charge < -0.3 is 14.7 Å². The summed E-state index contributed by atoms with van der Waals surface area (Å²) in [5.74, 6) is 1.03. The van der Waals surface area contributed by atoms with Gasteiger partial charge in [-0.2, -0.15) is 0 Å². The molecule has 0 atom stereocenters. The third-order valence-electron chi connectivity index (χ3n) is 7.81.